The first kappa shape index (κ1) is 27.2. The van der Waals surface area contributed by atoms with Crippen LogP contribution in [0, 0.1) is 0 Å². The van der Waals surface area contributed by atoms with E-state index in [1.165, 1.54) is 0 Å². The highest BCUT2D eigenvalue weighted by Crippen LogP contribution is 2.37. The number of fused-ring (bicyclic) bond motifs is 6. The Labute approximate surface area is 269 Å². The van der Waals surface area contributed by atoms with E-state index in [1.54, 1.807) is 12.1 Å². The van der Waals surface area contributed by atoms with Gasteiger partial charge in [0.2, 0.25) is 5.95 Å². The molecule has 0 fully saturated rings. The molecule has 8 heteroatoms. The highest BCUT2D eigenvalue weighted by Gasteiger charge is 2.21. The number of benzene rings is 6. The molecule has 3 aromatic heterocycles. The predicted molar refractivity (Wildman–Crippen MR) is 188 cm³/mol. The minimum absolute atomic E-state index is 0.416. The number of furan rings is 1. The third kappa shape index (κ3) is 4.50. The molecule has 0 unspecified atom stereocenters. The molecule has 0 bridgehead atoms. The normalized spacial score (nSPS) is 11.6. The molecule has 47 heavy (non-hydrogen) atoms. The van der Waals surface area contributed by atoms with Gasteiger partial charge in [-0.15, -0.1) is 0 Å². The van der Waals surface area contributed by atoms with Crippen LogP contribution in [0.3, 0.4) is 0 Å². The quantitative estimate of drug-likeness (QED) is 0.196. The van der Waals surface area contributed by atoms with E-state index < -0.39 is 7.12 Å². The Morgan fingerprint density at radius 3 is 1.81 bits per heavy atom. The van der Waals surface area contributed by atoms with Crippen LogP contribution in [-0.2, 0) is 0 Å². The second kappa shape index (κ2) is 10.8. The Bertz CT molecular complexity index is 2560. The summed E-state index contributed by atoms with van der Waals surface area (Å²) in [6.07, 6.45) is 0. The Morgan fingerprint density at radius 2 is 1.11 bits per heavy atom. The minimum atomic E-state index is -1.61. The maximum absolute atomic E-state index is 10.1. The SMILES string of the molecule is OB(O)c1cccc2oc3ccc(-c4ccc5c(c4)c4ccccc4n5-c4nc(-c5ccccc5)nc(-c5ccccc5)n4)cc3c12. The van der Waals surface area contributed by atoms with Crippen LogP contribution in [0.4, 0.5) is 0 Å². The lowest BCUT2D eigenvalue weighted by Crippen LogP contribution is -2.30. The molecule has 222 valence electrons. The summed E-state index contributed by atoms with van der Waals surface area (Å²) < 4.78 is 8.16. The van der Waals surface area contributed by atoms with Gasteiger partial charge in [-0.05, 0) is 53.0 Å². The molecule has 0 saturated carbocycles. The van der Waals surface area contributed by atoms with E-state index in [9.17, 15) is 10.0 Å². The lowest BCUT2D eigenvalue weighted by molar-refractivity contribution is 0.426. The molecule has 0 saturated heterocycles. The molecule has 9 aromatic rings. The Morgan fingerprint density at radius 1 is 0.489 bits per heavy atom. The summed E-state index contributed by atoms with van der Waals surface area (Å²) in [4.78, 5) is 14.9. The average molecular weight is 608 g/mol. The fourth-order valence-electron chi connectivity index (χ4n) is 6.51. The molecule has 0 aliphatic rings. The lowest BCUT2D eigenvalue weighted by Gasteiger charge is -2.11. The van der Waals surface area contributed by atoms with Gasteiger partial charge < -0.3 is 14.5 Å². The molecule has 3 heterocycles. The van der Waals surface area contributed by atoms with Crippen LogP contribution in [-0.4, -0.2) is 36.7 Å². The van der Waals surface area contributed by atoms with E-state index >= 15 is 0 Å². The minimum Gasteiger partial charge on any atom is -0.456 e. The van der Waals surface area contributed by atoms with Crippen LogP contribution in [0.5, 0.6) is 0 Å². The zero-order valence-corrected chi connectivity index (χ0v) is 24.9. The Kier molecular flexibility index (Phi) is 6.24. The van der Waals surface area contributed by atoms with Crippen LogP contribution >= 0.6 is 0 Å². The smallest absolute Gasteiger partial charge is 0.456 e. The fourth-order valence-corrected chi connectivity index (χ4v) is 6.51. The summed E-state index contributed by atoms with van der Waals surface area (Å²) in [5.41, 5.74) is 7.51. The Balaban J connectivity index is 1.26. The summed E-state index contributed by atoms with van der Waals surface area (Å²) >= 11 is 0. The van der Waals surface area contributed by atoms with Crippen molar-refractivity contribution in [3.8, 4) is 39.9 Å². The fraction of sp³-hybridized carbons (Fsp3) is 0. The van der Waals surface area contributed by atoms with Gasteiger partial charge in [0.1, 0.15) is 11.2 Å². The van der Waals surface area contributed by atoms with Gasteiger partial charge in [-0.2, -0.15) is 9.97 Å². The van der Waals surface area contributed by atoms with Crippen LogP contribution in [0.2, 0.25) is 0 Å². The topological polar surface area (TPSA) is 97.2 Å². The van der Waals surface area contributed by atoms with Crippen molar-refractivity contribution in [2.75, 3.05) is 0 Å². The number of nitrogens with zero attached hydrogens (tertiary/aromatic N) is 4. The number of rotatable bonds is 5. The van der Waals surface area contributed by atoms with Crippen LogP contribution in [0.25, 0.3) is 83.6 Å². The van der Waals surface area contributed by atoms with Crippen molar-refractivity contribution in [1.82, 2.24) is 19.5 Å². The first-order valence-electron chi connectivity index (χ1n) is 15.3. The van der Waals surface area contributed by atoms with E-state index in [4.69, 9.17) is 19.4 Å². The molecule has 0 radical (unpaired) electrons. The molecular formula is C39H25BN4O3. The molecule has 0 atom stereocenters. The number of aromatic nitrogens is 4. The van der Waals surface area contributed by atoms with Crippen molar-refractivity contribution < 1.29 is 14.5 Å². The van der Waals surface area contributed by atoms with Crippen molar-refractivity contribution in [2.24, 2.45) is 0 Å². The highest BCUT2D eigenvalue weighted by molar-refractivity contribution is 6.62. The predicted octanol–water partition coefficient (Wildman–Crippen LogP) is 7.55. The molecule has 2 N–H and O–H groups in total. The summed E-state index contributed by atoms with van der Waals surface area (Å²) in [7, 11) is -1.61. The number of para-hydroxylation sites is 1. The molecule has 9 rings (SSSR count). The molecule has 6 aromatic carbocycles. The maximum Gasteiger partial charge on any atom is 0.489 e. The van der Waals surface area contributed by atoms with Crippen LogP contribution in [0.15, 0.2) is 144 Å². The van der Waals surface area contributed by atoms with Gasteiger partial charge in [0.15, 0.2) is 11.6 Å². The second-order valence-electron chi connectivity index (χ2n) is 11.5. The standard InChI is InChI=1S/C39H25BN4O3/c45-40(46)31-15-9-17-35-36(31)30-23-27(19-21-34(30)47-35)26-18-20-33-29(22-26)28-14-7-8-16-32(28)44(33)39-42-37(24-10-3-1-4-11-24)41-38(43-39)25-12-5-2-6-13-25/h1-23,45-46H. The molecule has 0 aliphatic carbocycles. The zero-order chi connectivity index (χ0) is 31.5. The lowest BCUT2D eigenvalue weighted by atomic mass is 9.77. The summed E-state index contributed by atoms with van der Waals surface area (Å²) in [5.74, 6) is 1.74. The third-order valence-electron chi connectivity index (χ3n) is 8.70. The summed E-state index contributed by atoms with van der Waals surface area (Å²) in [6.45, 7) is 0. The molecule has 7 nitrogen and oxygen atoms in total. The average Bonchev–Trinajstić information content (AvgIpc) is 3.67. The van der Waals surface area contributed by atoms with Gasteiger partial charge in [-0.25, -0.2) is 4.98 Å². The maximum atomic E-state index is 10.1. The molecule has 0 spiro atoms. The van der Waals surface area contributed by atoms with Gasteiger partial charge in [-0.1, -0.05) is 103 Å². The van der Waals surface area contributed by atoms with Gasteiger partial charge >= 0.3 is 7.12 Å². The van der Waals surface area contributed by atoms with Gasteiger partial charge in [0, 0.05) is 32.7 Å². The van der Waals surface area contributed by atoms with Gasteiger partial charge in [0.05, 0.1) is 11.0 Å². The third-order valence-corrected chi connectivity index (χ3v) is 8.70. The molecular weight excluding hydrogens is 583 g/mol. The first-order valence-corrected chi connectivity index (χ1v) is 15.3. The summed E-state index contributed by atoms with van der Waals surface area (Å²) in [5, 5.41) is 23.8. The van der Waals surface area contributed by atoms with Gasteiger partial charge in [0.25, 0.3) is 0 Å². The van der Waals surface area contributed by atoms with Crippen molar-refractivity contribution in [1.29, 1.82) is 0 Å². The highest BCUT2D eigenvalue weighted by atomic mass is 16.4. The van der Waals surface area contributed by atoms with E-state index in [0.29, 0.717) is 39.6 Å². The van der Waals surface area contributed by atoms with Crippen LogP contribution < -0.4 is 5.46 Å². The van der Waals surface area contributed by atoms with Crippen LogP contribution in [0.1, 0.15) is 0 Å². The van der Waals surface area contributed by atoms with E-state index in [-0.39, 0.29) is 0 Å². The van der Waals surface area contributed by atoms with Crippen molar-refractivity contribution in [3.63, 3.8) is 0 Å². The zero-order valence-electron chi connectivity index (χ0n) is 24.9. The van der Waals surface area contributed by atoms with E-state index in [2.05, 4.69) is 41.0 Å². The molecule has 0 amide bonds. The largest absolute Gasteiger partial charge is 0.489 e. The second-order valence-corrected chi connectivity index (χ2v) is 11.5. The molecule has 0 aliphatic heterocycles. The number of hydrogen-bond acceptors (Lipinski definition) is 6. The van der Waals surface area contributed by atoms with Crippen molar-refractivity contribution in [2.45, 2.75) is 0 Å². The van der Waals surface area contributed by atoms with E-state index in [1.807, 2.05) is 91.0 Å². The monoisotopic (exact) mass is 608 g/mol. The van der Waals surface area contributed by atoms with Crippen molar-refractivity contribution >= 4 is 56.3 Å². The van der Waals surface area contributed by atoms with E-state index in [0.717, 1.165) is 49.4 Å². The van der Waals surface area contributed by atoms with Gasteiger partial charge in [-0.3, -0.25) is 4.57 Å². The number of hydrogen-bond donors (Lipinski definition) is 2. The van der Waals surface area contributed by atoms with Crippen molar-refractivity contribution in [3.05, 3.63) is 140 Å². The Hall–Kier alpha value is -6.09. The first-order chi connectivity index (χ1) is 23.1. The summed E-state index contributed by atoms with van der Waals surface area (Å²) in [6, 6.07) is 46.0.